The molecule has 1 amide bonds. The highest BCUT2D eigenvalue weighted by atomic mass is 16.5. The van der Waals surface area contributed by atoms with Crippen molar-refractivity contribution in [2.45, 2.75) is 19.0 Å². The Morgan fingerprint density at radius 1 is 1.18 bits per heavy atom. The number of Topliss-reactive ketones (excluding diaryl/α,β-unsaturated/α-hetero) is 1. The van der Waals surface area contributed by atoms with Gasteiger partial charge in [-0.1, -0.05) is 18.2 Å². The van der Waals surface area contributed by atoms with E-state index in [1.165, 1.54) is 4.90 Å². The van der Waals surface area contributed by atoms with Gasteiger partial charge < -0.3 is 19.5 Å². The second kappa shape index (κ2) is 8.43. The summed E-state index contributed by atoms with van der Waals surface area (Å²) in [5, 5.41) is 11.3. The largest absolute Gasteiger partial charge is 0.507 e. The van der Waals surface area contributed by atoms with E-state index >= 15 is 0 Å². The topological polar surface area (TPSA) is 89.0 Å². The number of fused-ring (bicyclic) bond motifs is 1. The van der Waals surface area contributed by atoms with Gasteiger partial charge in [-0.05, 0) is 53.1 Å². The minimum atomic E-state index is -0.773. The van der Waals surface area contributed by atoms with Crippen molar-refractivity contribution >= 4 is 17.4 Å². The fourth-order valence-electron chi connectivity index (χ4n) is 4.38. The number of aliphatic hydroxyl groups is 1. The molecule has 0 bridgehead atoms. The molecule has 1 aromatic heterocycles. The van der Waals surface area contributed by atoms with E-state index in [0.29, 0.717) is 23.5 Å². The van der Waals surface area contributed by atoms with Gasteiger partial charge in [-0.2, -0.15) is 0 Å². The third kappa shape index (κ3) is 3.71. The molecule has 7 heteroatoms. The van der Waals surface area contributed by atoms with Crippen molar-refractivity contribution in [1.29, 1.82) is 0 Å². The highest BCUT2D eigenvalue weighted by molar-refractivity contribution is 6.46. The van der Waals surface area contributed by atoms with Crippen LogP contribution < -0.4 is 9.47 Å². The summed E-state index contributed by atoms with van der Waals surface area (Å²) in [5.74, 6) is -0.231. The van der Waals surface area contributed by atoms with Gasteiger partial charge >= 0.3 is 0 Å². The number of pyridine rings is 1. The zero-order valence-corrected chi connectivity index (χ0v) is 18.0. The lowest BCUT2D eigenvalue weighted by molar-refractivity contribution is -0.140. The molecule has 1 unspecified atom stereocenters. The molecule has 3 aromatic rings. The fourth-order valence-corrected chi connectivity index (χ4v) is 4.38. The second-order valence-corrected chi connectivity index (χ2v) is 7.99. The maximum absolute atomic E-state index is 13.2. The van der Waals surface area contributed by atoms with Crippen LogP contribution in [0.5, 0.6) is 11.5 Å². The van der Waals surface area contributed by atoms with E-state index in [1.807, 2.05) is 18.2 Å². The van der Waals surface area contributed by atoms with Crippen LogP contribution in [-0.2, 0) is 22.6 Å². The Hall–Kier alpha value is -4.13. The van der Waals surface area contributed by atoms with Gasteiger partial charge in [-0.25, -0.2) is 0 Å². The molecular formula is C26H22N2O5. The summed E-state index contributed by atoms with van der Waals surface area (Å²) in [4.78, 5) is 31.9. The number of ketones is 1. The molecule has 0 radical (unpaired) electrons. The van der Waals surface area contributed by atoms with Crippen LogP contribution in [0, 0.1) is 0 Å². The number of hydrogen-bond acceptors (Lipinski definition) is 6. The quantitative estimate of drug-likeness (QED) is 0.369. The summed E-state index contributed by atoms with van der Waals surface area (Å²) in [6.07, 6.45) is 4.03. The highest BCUT2D eigenvalue weighted by Crippen LogP contribution is 2.41. The number of ether oxygens (including phenoxy) is 2. The highest BCUT2D eigenvalue weighted by Gasteiger charge is 2.46. The Balaban J connectivity index is 1.65. The van der Waals surface area contributed by atoms with Crippen molar-refractivity contribution in [3.8, 4) is 11.5 Å². The maximum Gasteiger partial charge on any atom is 0.295 e. The molecule has 33 heavy (non-hydrogen) atoms. The Morgan fingerprint density at radius 3 is 2.85 bits per heavy atom. The van der Waals surface area contributed by atoms with E-state index in [-0.39, 0.29) is 17.9 Å². The second-order valence-electron chi connectivity index (χ2n) is 7.99. The number of carbonyl (C=O) groups is 2. The van der Waals surface area contributed by atoms with Gasteiger partial charge in [0.05, 0.1) is 25.3 Å². The molecule has 1 saturated heterocycles. The van der Waals surface area contributed by atoms with Crippen molar-refractivity contribution in [3.05, 3.63) is 94.8 Å². The van der Waals surface area contributed by atoms with Crippen LogP contribution in [0.4, 0.5) is 0 Å². The van der Waals surface area contributed by atoms with Gasteiger partial charge in [0.25, 0.3) is 11.7 Å². The van der Waals surface area contributed by atoms with Crippen LogP contribution in [-0.4, -0.2) is 40.4 Å². The molecule has 2 aliphatic rings. The maximum atomic E-state index is 13.2. The molecule has 1 atom stereocenters. The smallest absolute Gasteiger partial charge is 0.295 e. The number of nitrogens with zero attached hydrogens (tertiary/aromatic N) is 2. The third-order valence-electron chi connectivity index (χ3n) is 5.99. The van der Waals surface area contributed by atoms with Gasteiger partial charge in [-0.3, -0.25) is 14.6 Å². The first-order valence-corrected chi connectivity index (χ1v) is 10.6. The van der Waals surface area contributed by atoms with Crippen molar-refractivity contribution in [2.24, 2.45) is 0 Å². The minimum Gasteiger partial charge on any atom is -0.507 e. The molecule has 0 saturated carbocycles. The van der Waals surface area contributed by atoms with Crippen LogP contribution in [0.3, 0.4) is 0 Å². The van der Waals surface area contributed by atoms with Crippen LogP contribution in [0.25, 0.3) is 5.76 Å². The number of hydrogen-bond donors (Lipinski definition) is 1. The number of aromatic nitrogens is 1. The summed E-state index contributed by atoms with van der Waals surface area (Å²) in [6.45, 7) is 0.758. The molecule has 2 aromatic carbocycles. The van der Waals surface area contributed by atoms with E-state index < -0.39 is 17.7 Å². The third-order valence-corrected chi connectivity index (χ3v) is 5.99. The average molecular weight is 442 g/mol. The SMILES string of the molecule is COc1cccc(C2/C(=C(/O)c3ccc4c(c3)CCO4)C(=O)C(=O)N2Cc2cccnc2)c1. The predicted molar refractivity (Wildman–Crippen MR) is 121 cm³/mol. The minimum absolute atomic E-state index is 0.0519. The molecular weight excluding hydrogens is 420 g/mol. The number of methoxy groups -OCH3 is 1. The van der Waals surface area contributed by atoms with E-state index in [9.17, 15) is 14.7 Å². The van der Waals surface area contributed by atoms with Crippen LogP contribution >= 0.6 is 0 Å². The lowest BCUT2D eigenvalue weighted by Crippen LogP contribution is -2.29. The molecule has 3 heterocycles. The molecule has 166 valence electrons. The summed E-state index contributed by atoms with van der Waals surface area (Å²) in [6, 6.07) is 15.3. The zero-order chi connectivity index (χ0) is 22.9. The van der Waals surface area contributed by atoms with Crippen molar-refractivity contribution in [1.82, 2.24) is 9.88 Å². The van der Waals surface area contributed by atoms with Gasteiger partial charge in [0.15, 0.2) is 0 Å². The van der Waals surface area contributed by atoms with Crippen molar-refractivity contribution in [2.75, 3.05) is 13.7 Å². The van der Waals surface area contributed by atoms with E-state index in [1.54, 1.807) is 55.9 Å². The summed E-state index contributed by atoms with van der Waals surface area (Å²) in [7, 11) is 1.55. The fraction of sp³-hybridized carbons (Fsp3) is 0.192. The van der Waals surface area contributed by atoms with Gasteiger partial charge in [0, 0.05) is 30.9 Å². The normalized spacial score (nSPS) is 18.8. The molecule has 0 spiro atoms. The van der Waals surface area contributed by atoms with Crippen molar-refractivity contribution < 1.29 is 24.2 Å². The Labute approximate surface area is 190 Å². The summed E-state index contributed by atoms with van der Waals surface area (Å²) < 4.78 is 10.9. The summed E-state index contributed by atoms with van der Waals surface area (Å²) >= 11 is 0. The first kappa shape index (κ1) is 20.8. The number of amides is 1. The molecule has 0 aliphatic carbocycles. The Bertz CT molecular complexity index is 1270. The Morgan fingerprint density at radius 2 is 2.06 bits per heavy atom. The van der Waals surface area contributed by atoms with Gasteiger partial charge in [-0.15, -0.1) is 0 Å². The molecule has 1 fully saturated rings. The van der Waals surface area contributed by atoms with Crippen LogP contribution in [0.2, 0.25) is 0 Å². The number of likely N-dealkylation sites (tertiary alicyclic amines) is 1. The number of carbonyl (C=O) groups excluding carboxylic acids is 2. The molecule has 2 aliphatic heterocycles. The zero-order valence-electron chi connectivity index (χ0n) is 18.0. The number of rotatable bonds is 5. The average Bonchev–Trinajstić information content (AvgIpc) is 3.42. The standard InChI is InChI=1S/C26H22N2O5/c1-32-20-6-2-5-18(13-20)23-22(24(29)19-7-8-21-17(12-19)9-11-33-21)25(30)26(31)28(23)15-16-4-3-10-27-14-16/h2-8,10,12-14,23,29H,9,11,15H2,1H3/b24-22-. The Kier molecular flexibility index (Phi) is 5.30. The first-order valence-electron chi connectivity index (χ1n) is 10.6. The van der Waals surface area contributed by atoms with E-state index in [0.717, 1.165) is 23.3 Å². The number of benzene rings is 2. The van der Waals surface area contributed by atoms with Crippen molar-refractivity contribution in [3.63, 3.8) is 0 Å². The first-order chi connectivity index (χ1) is 16.1. The number of aliphatic hydroxyl groups excluding tert-OH is 1. The van der Waals surface area contributed by atoms with Gasteiger partial charge in [0.1, 0.15) is 17.3 Å². The lowest BCUT2D eigenvalue weighted by atomic mass is 9.94. The summed E-state index contributed by atoms with van der Waals surface area (Å²) in [5.41, 5.74) is 2.94. The predicted octanol–water partition coefficient (Wildman–Crippen LogP) is 3.65. The van der Waals surface area contributed by atoms with Crippen LogP contribution in [0.15, 0.2) is 72.6 Å². The molecule has 5 rings (SSSR count). The molecule has 1 N–H and O–H groups in total. The van der Waals surface area contributed by atoms with Gasteiger partial charge in [0.2, 0.25) is 0 Å². The van der Waals surface area contributed by atoms with E-state index in [2.05, 4.69) is 4.98 Å². The van der Waals surface area contributed by atoms with Crippen LogP contribution in [0.1, 0.15) is 28.3 Å². The lowest BCUT2D eigenvalue weighted by Gasteiger charge is -2.25. The monoisotopic (exact) mass is 442 g/mol. The molecule has 7 nitrogen and oxygen atoms in total. The van der Waals surface area contributed by atoms with E-state index in [4.69, 9.17) is 9.47 Å².